The number of benzene rings is 2. The topological polar surface area (TPSA) is 84.9 Å². The Labute approximate surface area is 139 Å². The lowest BCUT2D eigenvalue weighted by Crippen LogP contribution is -2.40. The summed E-state index contributed by atoms with van der Waals surface area (Å²) in [6, 6.07) is 10.4. The van der Waals surface area contributed by atoms with E-state index < -0.39 is 16.1 Å². The number of aryl methyl sites for hydroxylation is 1. The number of anilines is 1. The number of hydrogen-bond donors (Lipinski definition) is 1. The van der Waals surface area contributed by atoms with Crippen molar-refractivity contribution in [2.24, 2.45) is 0 Å². The maximum Gasteiger partial charge on any atom is 0.335 e. The van der Waals surface area contributed by atoms with Crippen LogP contribution >= 0.6 is 0 Å². The van der Waals surface area contributed by atoms with Gasteiger partial charge in [-0.05, 0) is 31.2 Å². The number of nitrogens with zero attached hydrogens (tertiary/aromatic N) is 1. The van der Waals surface area contributed by atoms with Crippen molar-refractivity contribution in [3.8, 4) is 11.5 Å². The van der Waals surface area contributed by atoms with E-state index >= 15 is 0 Å². The SMILES string of the molecule is Cc1ccc(S(=O)(=O)NC(=O)N(C)c2ccc3c(c2)OCO3)cc1. The molecule has 8 heteroatoms. The largest absolute Gasteiger partial charge is 0.454 e. The Balaban J connectivity index is 1.77. The lowest BCUT2D eigenvalue weighted by molar-refractivity contribution is 0.174. The van der Waals surface area contributed by atoms with Gasteiger partial charge < -0.3 is 9.47 Å². The second-order valence-electron chi connectivity index (χ2n) is 5.32. The van der Waals surface area contributed by atoms with E-state index in [1.54, 1.807) is 30.3 Å². The first-order valence-corrected chi connectivity index (χ1v) is 8.62. The van der Waals surface area contributed by atoms with Gasteiger partial charge in [0.05, 0.1) is 4.90 Å². The highest BCUT2D eigenvalue weighted by Crippen LogP contribution is 2.35. The highest BCUT2D eigenvalue weighted by atomic mass is 32.2. The fraction of sp³-hybridized carbons (Fsp3) is 0.188. The van der Waals surface area contributed by atoms with Crippen LogP contribution in [-0.4, -0.2) is 28.3 Å². The third kappa shape index (κ3) is 3.13. The molecule has 1 N–H and O–H groups in total. The number of ether oxygens (including phenoxy) is 2. The molecule has 0 bridgehead atoms. The predicted molar refractivity (Wildman–Crippen MR) is 87.9 cm³/mol. The molecule has 3 rings (SSSR count). The number of fused-ring (bicyclic) bond motifs is 1. The first-order valence-electron chi connectivity index (χ1n) is 7.14. The van der Waals surface area contributed by atoms with E-state index in [1.165, 1.54) is 24.1 Å². The van der Waals surface area contributed by atoms with Gasteiger partial charge in [-0.15, -0.1) is 0 Å². The molecule has 2 aromatic rings. The summed E-state index contributed by atoms with van der Waals surface area (Å²) in [4.78, 5) is 13.5. The molecule has 1 aliphatic heterocycles. The summed E-state index contributed by atoms with van der Waals surface area (Å²) in [5, 5.41) is 0. The van der Waals surface area contributed by atoms with Crippen molar-refractivity contribution >= 4 is 21.7 Å². The van der Waals surface area contributed by atoms with Crippen LogP contribution in [0.1, 0.15) is 5.56 Å². The Bertz CT molecular complexity index is 878. The molecule has 0 saturated heterocycles. The molecule has 1 aliphatic rings. The third-order valence-corrected chi connectivity index (χ3v) is 4.94. The summed E-state index contributed by atoms with van der Waals surface area (Å²) < 4.78 is 37.0. The monoisotopic (exact) mass is 348 g/mol. The van der Waals surface area contributed by atoms with E-state index in [1.807, 2.05) is 11.6 Å². The quantitative estimate of drug-likeness (QED) is 0.920. The van der Waals surface area contributed by atoms with Gasteiger partial charge in [0.15, 0.2) is 11.5 Å². The Kier molecular flexibility index (Phi) is 4.06. The zero-order valence-corrected chi connectivity index (χ0v) is 14.0. The van der Waals surface area contributed by atoms with Gasteiger partial charge in [-0.25, -0.2) is 17.9 Å². The van der Waals surface area contributed by atoms with Gasteiger partial charge in [0.2, 0.25) is 6.79 Å². The van der Waals surface area contributed by atoms with Gasteiger partial charge in [-0.1, -0.05) is 17.7 Å². The highest BCUT2D eigenvalue weighted by molar-refractivity contribution is 7.90. The van der Waals surface area contributed by atoms with E-state index in [-0.39, 0.29) is 11.7 Å². The number of urea groups is 1. The van der Waals surface area contributed by atoms with Gasteiger partial charge in [0.25, 0.3) is 10.0 Å². The zero-order chi connectivity index (χ0) is 17.3. The number of sulfonamides is 1. The van der Waals surface area contributed by atoms with E-state index in [2.05, 4.69) is 0 Å². The summed E-state index contributed by atoms with van der Waals surface area (Å²) in [5.41, 5.74) is 1.41. The van der Waals surface area contributed by atoms with Crippen molar-refractivity contribution in [3.63, 3.8) is 0 Å². The Morgan fingerprint density at radius 3 is 2.46 bits per heavy atom. The minimum absolute atomic E-state index is 0.0283. The fourth-order valence-corrected chi connectivity index (χ4v) is 3.15. The van der Waals surface area contributed by atoms with Crippen molar-refractivity contribution in [2.45, 2.75) is 11.8 Å². The molecule has 0 saturated carbocycles. The second kappa shape index (κ2) is 6.04. The third-order valence-electron chi connectivity index (χ3n) is 3.60. The first kappa shape index (κ1) is 16.1. The van der Waals surface area contributed by atoms with E-state index in [0.29, 0.717) is 17.2 Å². The minimum atomic E-state index is -3.94. The van der Waals surface area contributed by atoms with Gasteiger partial charge >= 0.3 is 6.03 Å². The van der Waals surface area contributed by atoms with Crippen LogP contribution in [0.5, 0.6) is 11.5 Å². The molecule has 0 atom stereocenters. The van der Waals surface area contributed by atoms with Gasteiger partial charge in [0, 0.05) is 18.8 Å². The van der Waals surface area contributed by atoms with E-state index in [9.17, 15) is 13.2 Å². The summed E-state index contributed by atoms with van der Waals surface area (Å²) in [6.45, 7) is 1.97. The summed E-state index contributed by atoms with van der Waals surface area (Å²) in [6.07, 6.45) is 0. The highest BCUT2D eigenvalue weighted by Gasteiger charge is 2.22. The second-order valence-corrected chi connectivity index (χ2v) is 7.00. The molecule has 0 fully saturated rings. The molecule has 0 spiro atoms. The molecule has 126 valence electrons. The van der Waals surface area contributed by atoms with Gasteiger partial charge in [-0.2, -0.15) is 0 Å². The number of amides is 2. The molecule has 24 heavy (non-hydrogen) atoms. The molecular weight excluding hydrogens is 332 g/mol. The van der Waals surface area contributed by atoms with Crippen LogP contribution in [0.2, 0.25) is 0 Å². The normalized spacial score (nSPS) is 12.8. The smallest absolute Gasteiger partial charge is 0.335 e. The van der Waals surface area contributed by atoms with Crippen molar-refractivity contribution in [2.75, 3.05) is 18.7 Å². The standard InChI is InChI=1S/C16H16N2O5S/c1-11-3-6-13(7-4-11)24(20,21)17-16(19)18(2)12-5-8-14-15(9-12)23-10-22-14/h3-9H,10H2,1-2H3,(H,17,19). The maximum absolute atomic E-state index is 12.3. The van der Waals surface area contributed by atoms with Gasteiger partial charge in [0.1, 0.15) is 0 Å². The molecule has 0 aliphatic carbocycles. The molecule has 2 amide bonds. The molecule has 1 heterocycles. The molecular formula is C16H16N2O5S. The molecule has 0 aromatic heterocycles. The minimum Gasteiger partial charge on any atom is -0.454 e. The summed E-state index contributed by atoms with van der Waals surface area (Å²) >= 11 is 0. The molecule has 2 aromatic carbocycles. The average Bonchev–Trinajstić information content (AvgIpc) is 3.01. The van der Waals surface area contributed by atoms with Crippen LogP contribution in [0.15, 0.2) is 47.4 Å². The number of carbonyl (C=O) groups excluding carboxylic acids is 1. The molecule has 0 unspecified atom stereocenters. The fourth-order valence-electron chi connectivity index (χ4n) is 2.17. The Morgan fingerprint density at radius 1 is 1.08 bits per heavy atom. The maximum atomic E-state index is 12.3. The first-order chi connectivity index (χ1) is 11.4. The van der Waals surface area contributed by atoms with Crippen molar-refractivity contribution in [1.82, 2.24) is 4.72 Å². The van der Waals surface area contributed by atoms with Crippen LogP contribution in [-0.2, 0) is 10.0 Å². The predicted octanol–water partition coefficient (Wildman–Crippen LogP) is 2.26. The zero-order valence-electron chi connectivity index (χ0n) is 13.1. The summed E-state index contributed by atoms with van der Waals surface area (Å²) in [5.74, 6) is 1.09. The number of carbonyl (C=O) groups is 1. The van der Waals surface area contributed by atoms with E-state index in [0.717, 1.165) is 5.56 Å². The summed E-state index contributed by atoms with van der Waals surface area (Å²) in [7, 11) is -2.47. The molecule has 0 radical (unpaired) electrons. The van der Waals surface area contributed by atoms with Gasteiger partial charge in [-0.3, -0.25) is 4.90 Å². The van der Waals surface area contributed by atoms with Crippen LogP contribution in [0, 0.1) is 6.92 Å². The Hall–Kier alpha value is -2.74. The average molecular weight is 348 g/mol. The van der Waals surface area contributed by atoms with Crippen molar-refractivity contribution in [1.29, 1.82) is 0 Å². The molecule has 7 nitrogen and oxygen atoms in total. The van der Waals surface area contributed by atoms with Crippen LogP contribution in [0.4, 0.5) is 10.5 Å². The van der Waals surface area contributed by atoms with Crippen LogP contribution in [0.25, 0.3) is 0 Å². The van der Waals surface area contributed by atoms with E-state index in [4.69, 9.17) is 9.47 Å². The van der Waals surface area contributed by atoms with Crippen LogP contribution < -0.4 is 19.1 Å². The lowest BCUT2D eigenvalue weighted by atomic mass is 10.2. The number of nitrogens with one attached hydrogen (secondary N) is 1. The van der Waals surface area contributed by atoms with Crippen molar-refractivity contribution in [3.05, 3.63) is 48.0 Å². The lowest BCUT2D eigenvalue weighted by Gasteiger charge is -2.18. The van der Waals surface area contributed by atoms with Crippen LogP contribution in [0.3, 0.4) is 0 Å². The number of rotatable bonds is 3. The number of hydrogen-bond acceptors (Lipinski definition) is 5. The van der Waals surface area contributed by atoms with Crippen molar-refractivity contribution < 1.29 is 22.7 Å². The Morgan fingerprint density at radius 2 is 1.75 bits per heavy atom.